The van der Waals surface area contributed by atoms with E-state index in [0.29, 0.717) is 24.3 Å². The lowest BCUT2D eigenvalue weighted by molar-refractivity contribution is -0.136. The molecule has 8 heteroatoms. The average molecular weight is 368 g/mol. The Bertz CT molecular complexity index is 960. The van der Waals surface area contributed by atoms with Gasteiger partial charge in [-0.1, -0.05) is 0 Å². The summed E-state index contributed by atoms with van der Waals surface area (Å²) in [7, 11) is 0. The Morgan fingerprint density at radius 1 is 1.11 bits per heavy atom. The van der Waals surface area contributed by atoms with Crippen LogP contribution in [0.4, 0.5) is 5.69 Å². The molecule has 1 unspecified atom stereocenters. The van der Waals surface area contributed by atoms with Crippen LogP contribution in [-0.4, -0.2) is 54.8 Å². The molecule has 3 amide bonds. The molecule has 1 aromatic carbocycles. The molecule has 0 spiro atoms. The first-order valence-corrected chi connectivity index (χ1v) is 9.27. The van der Waals surface area contributed by atoms with Crippen LogP contribution in [0.5, 0.6) is 0 Å². The molecule has 2 aromatic rings. The van der Waals surface area contributed by atoms with Crippen LogP contribution in [-0.2, 0) is 16.1 Å². The molecule has 0 radical (unpaired) electrons. The molecule has 0 saturated carbocycles. The molecule has 2 N–H and O–H groups in total. The summed E-state index contributed by atoms with van der Waals surface area (Å²) in [5.41, 5.74) is 2.62. The Labute approximate surface area is 155 Å². The summed E-state index contributed by atoms with van der Waals surface area (Å²) in [6.07, 6.45) is 0.599. The molecule has 1 atom stereocenters. The summed E-state index contributed by atoms with van der Waals surface area (Å²) in [5, 5.41) is 6.56. The van der Waals surface area contributed by atoms with Gasteiger partial charge in [0, 0.05) is 55.3 Å². The van der Waals surface area contributed by atoms with Crippen molar-refractivity contribution in [3.05, 3.63) is 29.5 Å². The van der Waals surface area contributed by atoms with E-state index in [1.807, 2.05) is 12.1 Å². The zero-order valence-electron chi connectivity index (χ0n) is 14.8. The molecule has 27 heavy (non-hydrogen) atoms. The zero-order valence-corrected chi connectivity index (χ0v) is 14.8. The first kappa shape index (κ1) is 16.3. The zero-order chi connectivity index (χ0) is 18.5. The van der Waals surface area contributed by atoms with Gasteiger partial charge in [-0.2, -0.15) is 0 Å². The molecular formula is C19H20N4O4. The second kappa shape index (κ2) is 6.09. The Hall–Kier alpha value is -2.87. The number of carbonyl (C=O) groups excluding carboxylic acids is 3. The summed E-state index contributed by atoms with van der Waals surface area (Å²) >= 11 is 0. The molecule has 140 valence electrons. The number of piperidine rings is 1. The number of anilines is 1. The molecule has 2 fully saturated rings. The first-order valence-electron chi connectivity index (χ1n) is 9.27. The second-order valence-electron chi connectivity index (χ2n) is 7.23. The number of nitrogens with zero attached hydrogens (tertiary/aromatic N) is 2. The number of piperazine rings is 1. The van der Waals surface area contributed by atoms with Crippen LogP contribution in [0, 0.1) is 0 Å². The fraction of sp³-hybridized carbons (Fsp3) is 0.421. The highest BCUT2D eigenvalue weighted by atomic mass is 16.3. The van der Waals surface area contributed by atoms with Crippen LogP contribution in [0.3, 0.4) is 0 Å². The lowest BCUT2D eigenvalue weighted by atomic mass is 10.0. The van der Waals surface area contributed by atoms with Gasteiger partial charge in [0.25, 0.3) is 5.91 Å². The number of nitrogens with one attached hydrogen (secondary N) is 2. The number of furan rings is 1. The SMILES string of the molecule is O=C1CCC(N2Cc3c(oc4cc(N5CCNCC5)ccc34)C2=O)C(=O)N1. The van der Waals surface area contributed by atoms with Crippen molar-refractivity contribution in [2.45, 2.75) is 25.4 Å². The smallest absolute Gasteiger partial charge is 0.290 e. The molecule has 4 heterocycles. The van der Waals surface area contributed by atoms with Gasteiger partial charge in [0.15, 0.2) is 5.76 Å². The first-order chi connectivity index (χ1) is 13.1. The van der Waals surface area contributed by atoms with Crippen LogP contribution in [0.25, 0.3) is 11.0 Å². The Kier molecular flexibility index (Phi) is 3.68. The van der Waals surface area contributed by atoms with Gasteiger partial charge in [-0.05, 0) is 18.6 Å². The van der Waals surface area contributed by atoms with Crippen LogP contribution >= 0.6 is 0 Å². The molecule has 2 saturated heterocycles. The van der Waals surface area contributed by atoms with E-state index in [0.717, 1.165) is 42.8 Å². The molecule has 3 aliphatic rings. The maximum absolute atomic E-state index is 12.8. The highest BCUT2D eigenvalue weighted by Crippen LogP contribution is 2.36. The van der Waals surface area contributed by atoms with Crippen molar-refractivity contribution in [2.24, 2.45) is 0 Å². The van der Waals surface area contributed by atoms with Gasteiger partial charge >= 0.3 is 0 Å². The van der Waals surface area contributed by atoms with E-state index >= 15 is 0 Å². The summed E-state index contributed by atoms with van der Waals surface area (Å²) in [6.45, 7) is 4.11. The monoisotopic (exact) mass is 368 g/mol. The molecule has 1 aromatic heterocycles. The van der Waals surface area contributed by atoms with Crippen molar-refractivity contribution in [1.82, 2.24) is 15.5 Å². The van der Waals surface area contributed by atoms with Crippen LogP contribution in [0.15, 0.2) is 22.6 Å². The molecular weight excluding hydrogens is 348 g/mol. The molecule has 3 aliphatic heterocycles. The van der Waals surface area contributed by atoms with E-state index in [1.54, 1.807) is 0 Å². The predicted octanol–water partition coefficient (Wildman–Crippen LogP) is 0.603. The molecule has 0 aliphatic carbocycles. The maximum atomic E-state index is 12.8. The third-order valence-electron chi connectivity index (χ3n) is 5.63. The quantitative estimate of drug-likeness (QED) is 0.754. The summed E-state index contributed by atoms with van der Waals surface area (Å²) in [5.74, 6) is -0.660. The molecule has 0 bridgehead atoms. The van der Waals surface area contributed by atoms with E-state index in [2.05, 4.69) is 21.6 Å². The number of hydrogen-bond donors (Lipinski definition) is 2. The standard InChI is InChI=1S/C19H20N4O4/c24-16-4-3-14(18(25)21-16)23-10-13-12-2-1-11(22-7-5-20-6-8-22)9-15(12)27-17(13)19(23)26/h1-2,9,14,20H,3-8,10H2,(H,21,24,25). The van der Waals surface area contributed by atoms with Crippen molar-refractivity contribution >= 4 is 34.4 Å². The van der Waals surface area contributed by atoms with E-state index in [4.69, 9.17) is 4.42 Å². The Morgan fingerprint density at radius 3 is 2.70 bits per heavy atom. The van der Waals surface area contributed by atoms with Crippen molar-refractivity contribution in [1.29, 1.82) is 0 Å². The summed E-state index contributed by atoms with van der Waals surface area (Å²) < 4.78 is 5.90. The highest BCUT2D eigenvalue weighted by Gasteiger charge is 2.42. The third-order valence-corrected chi connectivity index (χ3v) is 5.63. The van der Waals surface area contributed by atoms with E-state index in [1.165, 1.54) is 4.90 Å². The number of benzene rings is 1. The van der Waals surface area contributed by atoms with Crippen molar-refractivity contribution < 1.29 is 18.8 Å². The van der Waals surface area contributed by atoms with Gasteiger partial charge in [0.05, 0.1) is 6.54 Å². The van der Waals surface area contributed by atoms with Crippen LogP contribution in [0.2, 0.25) is 0 Å². The number of imide groups is 1. The predicted molar refractivity (Wildman–Crippen MR) is 97.3 cm³/mol. The molecule has 5 rings (SSSR count). The fourth-order valence-electron chi connectivity index (χ4n) is 4.19. The third kappa shape index (κ3) is 2.59. The fourth-order valence-corrected chi connectivity index (χ4v) is 4.19. The van der Waals surface area contributed by atoms with Crippen molar-refractivity contribution in [3.8, 4) is 0 Å². The van der Waals surface area contributed by atoms with E-state index < -0.39 is 11.9 Å². The number of fused-ring (bicyclic) bond motifs is 3. The van der Waals surface area contributed by atoms with Gasteiger partial charge in [0.2, 0.25) is 11.8 Å². The largest absolute Gasteiger partial charge is 0.450 e. The van der Waals surface area contributed by atoms with Gasteiger partial charge in [0.1, 0.15) is 11.6 Å². The van der Waals surface area contributed by atoms with Crippen LogP contribution < -0.4 is 15.5 Å². The highest BCUT2D eigenvalue weighted by molar-refractivity contribution is 6.07. The van der Waals surface area contributed by atoms with E-state index in [-0.39, 0.29) is 18.2 Å². The average Bonchev–Trinajstić information content (AvgIpc) is 3.19. The number of hydrogen-bond acceptors (Lipinski definition) is 6. The normalized spacial score (nSPS) is 23.1. The topological polar surface area (TPSA) is 94.9 Å². The Balaban J connectivity index is 1.44. The van der Waals surface area contributed by atoms with Gasteiger partial charge in [-0.25, -0.2) is 0 Å². The number of amides is 3. The van der Waals surface area contributed by atoms with Gasteiger partial charge in [-0.15, -0.1) is 0 Å². The van der Waals surface area contributed by atoms with Gasteiger partial charge < -0.3 is 19.5 Å². The van der Waals surface area contributed by atoms with Crippen molar-refractivity contribution in [3.63, 3.8) is 0 Å². The summed E-state index contributed by atoms with van der Waals surface area (Å²) in [4.78, 5) is 40.1. The Morgan fingerprint density at radius 2 is 1.93 bits per heavy atom. The number of rotatable bonds is 2. The minimum Gasteiger partial charge on any atom is -0.450 e. The van der Waals surface area contributed by atoms with E-state index in [9.17, 15) is 14.4 Å². The maximum Gasteiger partial charge on any atom is 0.290 e. The lowest BCUT2D eigenvalue weighted by Gasteiger charge is -2.29. The lowest BCUT2D eigenvalue weighted by Crippen LogP contribution is -2.52. The minimum atomic E-state index is -0.618. The van der Waals surface area contributed by atoms with Gasteiger partial charge in [-0.3, -0.25) is 19.7 Å². The minimum absolute atomic E-state index is 0.246. The van der Waals surface area contributed by atoms with Crippen LogP contribution in [0.1, 0.15) is 29.0 Å². The molecule has 8 nitrogen and oxygen atoms in total. The van der Waals surface area contributed by atoms with Crippen molar-refractivity contribution in [2.75, 3.05) is 31.1 Å². The number of carbonyl (C=O) groups is 3. The summed E-state index contributed by atoms with van der Waals surface area (Å²) in [6, 6.07) is 5.43. The second-order valence-corrected chi connectivity index (χ2v) is 7.23.